The number of aromatic hydroxyl groups is 1. The van der Waals surface area contributed by atoms with Crippen LogP contribution in [0.3, 0.4) is 0 Å². The normalized spacial score (nSPS) is 12.7. The van der Waals surface area contributed by atoms with Crippen LogP contribution in [0.1, 0.15) is 24.4 Å². The average Bonchev–Trinajstić information content (AvgIpc) is 2.99. The maximum absolute atomic E-state index is 10.4. The fraction of sp³-hybridized carbons (Fsp3) is 0.188. The predicted octanol–water partition coefficient (Wildman–Crippen LogP) is 3.12. The van der Waals surface area contributed by atoms with Crippen molar-refractivity contribution in [3.05, 3.63) is 60.2 Å². The highest BCUT2D eigenvalue weighted by molar-refractivity contribution is 5.89. The summed E-state index contributed by atoms with van der Waals surface area (Å²) >= 11 is 0. The largest absolute Gasteiger partial charge is 0.507 e. The zero-order chi connectivity index (χ0) is 13.9. The Labute approximate surface area is 117 Å². The van der Waals surface area contributed by atoms with Crippen LogP contribution in [-0.2, 0) is 6.54 Å². The molecule has 3 N–H and O–H groups in total. The Kier molecular flexibility index (Phi) is 3.39. The van der Waals surface area contributed by atoms with Crippen LogP contribution in [0, 0.1) is 0 Å². The van der Waals surface area contributed by atoms with Crippen molar-refractivity contribution in [2.24, 2.45) is 0 Å². The second-order valence-electron chi connectivity index (χ2n) is 4.86. The number of rotatable bonds is 4. The van der Waals surface area contributed by atoms with Crippen molar-refractivity contribution in [3.63, 3.8) is 0 Å². The fourth-order valence-corrected chi connectivity index (χ4v) is 2.38. The molecule has 2 aromatic carbocycles. The predicted molar refractivity (Wildman–Crippen MR) is 79.5 cm³/mol. The number of H-pyrrole nitrogens is 1. The molecule has 1 aromatic heterocycles. The van der Waals surface area contributed by atoms with Crippen molar-refractivity contribution in [2.45, 2.75) is 19.5 Å². The first-order chi connectivity index (χ1) is 9.75. The van der Waals surface area contributed by atoms with E-state index >= 15 is 0 Å². The molecule has 0 bridgehead atoms. The third-order valence-electron chi connectivity index (χ3n) is 3.53. The number of aromatic nitrogens is 2. The summed E-state index contributed by atoms with van der Waals surface area (Å²) in [5.74, 6) is 1.24. The van der Waals surface area contributed by atoms with E-state index in [1.165, 1.54) is 0 Å². The van der Waals surface area contributed by atoms with Crippen LogP contribution >= 0.6 is 0 Å². The highest BCUT2D eigenvalue weighted by Crippen LogP contribution is 2.32. The molecule has 20 heavy (non-hydrogen) atoms. The van der Waals surface area contributed by atoms with Crippen LogP contribution in [0.5, 0.6) is 5.75 Å². The van der Waals surface area contributed by atoms with Gasteiger partial charge in [-0.15, -0.1) is 0 Å². The molecule has 0 amide bonds. The van der Waals surface area contributed by atoms with Gasteiger partial charge in [0.25, 0.3) is 0 Å². The first-order valence-corrected chi connectivity index (χ1v) is 6.68. The van der Waals surface area contributed by atoms with Crippen LogP contribution in [-0.4, -0.2) is 15.1 Å². The lowest BCUT2D eigenvalue weighted by atomic mass is 10.0. The Hall–Kier alpha value is -2.33. The highest BCUT2D eigenvalue weighted by atomic mass is 16.3. The number of nitrogens with zero attached hydrogens (tertiary/aromatic N) is 1. The smallest absolute Gasteiger partial charge is 0.128 e. The van der Waals surface area contributed by atoms with Gasteiger partial charge in [0.15, 0.2) is 0 Å². The number of imidazole rings is 1. The quantitative estimate of drug-likeness (QED) is 0.680. The number of nitrogens with one attached hydrogen (secondary N) is 2. The first kappa shape index (κ1) is 12.7. The SMILES string of the molecule is CC(NCc1ncc[nH]1)c1ccc2ccccc2c1O. The Balaban J connectivity index is 1.84. The summed E-state index contributed by atoms with van der Waals surface area (Å²) in [6, 6.07) is 11.9. The zero-order valence-electron chi connectivity index (χ0n) is 11.3. The van der Waals surface area contributed by atoms with Crippen molar-refractivity contribution in [2.75, 3.05) is 0 Å². The molecule has 0 aliphatic rings. The van der Waals surface area contributed by atoms with Gasteiger partial charge in [0.1, 0.15) is 11.6 Å². The van der Waals surface area contributed by atoms with Gasteiger partial charge in [0.05, 0.1) is 6.54 Å². The van der Waals surface area contributed by atoms with Crippen LogP contribution < -0.4 is 5.32 Å². The molecular formula is C16H17N3O. The average molecular weight is 267 g/mol. The molecule has 0 aliphatic carbocycles. The summed E-state index contributed by atoms with van der Waals surface area (Å²) in [7, 11) is 0. The molecule has 1 unspecified atom stereocenters. The van der Waals surface area contributed by atoms with E-state index in [0.717, 1.165) is 22.2 Å². The summed E-state index contributed by atoms with van der Waals surface area (Å²) in [6.07, 6.45) is 3.53. The van der Waals surface area contributed by atoms with Gasteiger partial charge in [-0.1, -0.05) is 36.4 Å². The Bertz CT molecular complexity index is 707. The fourth-order valence-electron chi connectivity index (χ4n) is 2.38. The van der Waals surface area contributed by atoms with Gasteiger partial charge in [-0.2, -0.15) is 0 Å². The van der Waals surface area contributed by atoms with E-state index in [9.17, 15) is 5.11 Å². The zero-order valence-corrected chi connectivity index (χ0v) is 11.3. The monoisotopic (exact) mass is 267 g/mol. The molecular weight excluding hydrogens is 250 g/mol. The third-order valence-corrected chi connectivity index (χ3v) is 3.53. The maximum Gasteiger partial charge on any atom is 0.128 e. The summed E-state index contributed by atoms with van der Waals surface area (Å²) < 4.78 is 0. The molecule has 3 rings (SSSR count). The Morgan fingerprint density at radius 2 is 2.10 bits per heavy atom. The van der Waals surface area contributed by atoms with Crippen LogP contribution in [0.2, 0.25) is 0 Å². The van der Waals surface area contributed by atoms with E-state index in [0.29, 0.717) is 12.3 Å². The standard InChI is InChI=1S/C16H17N3O/c1-11(19-10-15-17-8-9-18-15)13-7-6-12-4-2-3-5-14(12)16(13)20/h2-9,11,19-20H,10H2,1H3,(H,17,18). The minimum atomic E-state index is 0.0460. The molecule has 0 aliphatic heterocycles. The summed E-state index contributed by atoms with van der Waals surface area (Å²) in [4.78, 5) is 7.23. The molecule has 0 spiro atoms. The molecule has 0 saturated heterocycles. The van der Waals surface area contributed by atoms with E-state index in [4.69, 9.17) is 0 Å². The van der Waals surface area contributed by atoms with E-state index in [1.54, 1.807) is 12.4 Å². The lowest BCUT2D eigenvalue weighted by Gasteiger charge is -2.16. The number of hydrogen-bond donors (Lipinski definition) is 3. The molecule has 102 valence electrons. The molecule has 0 saturated carbocycles. The van der Waals surface area contributed by atoms with E-state index in [-0.39, 0.29) is 6.04 Å². The molecule has 0 fully saturated rings. The molecule has 3 aromatic rings. The molecule has 1 atom stereocenters. The van der Waals surface area contributed by atoms with Gasteiger partial charge in [-0.3, -0.25) is 0 Å². The van der Waals surface area contributed by atoms with Crippen LogP contribution in [0.15, 0.2) is 48.8 Å². The van der Waals surface area contributed by atoms with Gasteiger partial charge >= 0.3 is 0 Å². The Morgan fingerprint density at radius 3 is 2.90 bits per heavy atom. The van der Waals surface area contributed by atoms with E-state index < -0.39 is 0 Å². The number of hydrogen-bond acceptors (Lipinski definition) is 3. The second kappa shape index (κ2) is 5.35. The number of phenols is 1. The van der Waals surface area contributed by atoms with Gasteiger partial charge < -0.3 is 15.4 Å². The van der Waals surface area contributed by atoms with Crippen LogP contribution in [0.25, 0.3) is 10.8 Å². The topological polar surface area (TPSA) is 60.9 Å². The molecule has 1 heterocycles. The van der Waals surface area contributed by atoms with Crippen molar-refractivity contribution >= 4 is 10.8 Å². The van der Waals surface area contributed by atoms with E-state index in [1.807, 2.05) is 43.3 Å². The first-order valence-electron chi connectivity index (χ1n) is 6.68. The lowest BCUT2D eigenvalue weighted by Crippen LogP contribution is -2.19. The molecule has 4 nitrogen and oxygen atoms in total. The molecule has 4 heteroatoms. The summed E-state index contributed by atoms with van der Waals surface area (Å²) in [6.45, 7) is 2.67. The van der Waals surface area contributed by atoms with Crippen molar-refractivity contribution in [3.8, 4) is 5.75 Å². The van der Waals surface area contributed by atoms with E-state index in [2.05, 4.69) is 15.3 Å². The Morgan fingerprint density at radius 1 is 1.25 bits per heavy atom. The van der Waals surface area contributed by atoms with Gasteiger partial charge in [0.2, 0.25) is 0 Å². The highest BCUT2D eigenvalue weighted by Gasteiger charge is 2.12. The summed E-state index contributed by atoms with van der Waals surface area (Å²) in [5.41, 5.74) is 0.898. The number of phenolic OH excluding ortho intramolecular Hbond substituents is 1. The lowest BCUT2D eigenvalue weighted by molar-refractivity contribution is 0.457. The minimum absolute atomic E-state index is 0.0460. The van der Waals surface area contributed by atoms with Gasteiger partial charge in [-0.25, -0.2) is 4.98 Å². The number of aromatic amines is 1. The second-order valence-corrected chi connectivity index (χ2v) is 4.86. The summed E-state index contributed by atoms with van der Waals surface area (Å²) in [5, 5.41) is 15.7. The van der Waals surface area contributed by atoms with Crippen molar-refractivity contribution < 1.29 is 5.11 Å². The third kappa shape index (κ3) is 2.38. The van der Waals surface area contributed by atoms with Gasteiger partial charge in [-0.05, 0) is 12.3 Å². The van der Waals surface area contributed by atoms with Crippen LogP contribution in [0.4, 0.5) is 0 Å². The molecule has 0 radical (unpaired) electrons. The van der Waals surface area contributed by atoms with Gasteiger partial charge in [0, 0.05) is 29.4 Å². The van der Waals surface area contributed by atoms with Crippen molar-refractivity contribution in [1.82, 2.24) is 15.3 Å². The number of fused-ring (bicyclic) bond motifs is 1. The van der Waals surface area contributed by atoms with Crippen molar-refractivity contribution in [1.29, 1.82) is 0 Å². The number of benzene rings is 2. The minimum Gasteiger partial charge on any atom is -0.507 e. The maximum atomic E-state index is 10.4.